The van der Waals surface area contributed by atoms with E-state index in [1.54, 1.807) is 0 Å². The van der Waals surface area contributed by atoms with Crippen molar-refractivity contribution in [2.24, 2.45) is 5.73 Å². The fourth-order valence-corrected chi connectivity index (χ4v) is 3.66. The molecule has 1 aliphatic heterocycles. The SMILES string of the molecule is CCC(N)Cc1ccc(N2CC(C)N(C)C(C)C2)c(Br)c1. The van der Waals surface area contributed by atoms with Crippen molar-refractivity contribution in [3.63, 3.8) is 0 Å². The maximum absolute atomic E-state index is 6.06. The molecule has 1 aromatic carbocycles. The highest BCUT2D eigenvalue weighted by molar-refractivity contribution is 9.10. The van der Waals surface area contributed by atoms with Crippen LogP contribution in [-0.2, 0) is 6.42 Å². The molecule has 0 aliphatic carbocycles. The van der Waals surface area contributed by atoms with Crippen molar-refractivity contribution in [2.45, 2.75) is 51.7 Å². The average Bonchev–Trinajstić information content (AvgIpc) is 2.44. The largest absolute Gasteiger partial charge is 0.368 e. The Morgan fingerprint density at radius 3 is 2.43 bits per heavy atom. The van der Waals surface area contributed by atoms with Crippen LogP contribution < -0.4 is 10.6 Å². The van der Waals surface area contributed by atoms with Crippen molar-refractivity contribution in [2.75, 3.05) is 25.0 Å². The molecule has 3 unspecified atom stereocenters. The van der Waals surface area contributed by atoms with Gasteiger partial charge in [-0.25, -0.2) is 0 Å². The van der Waals surface area contributed by atoms with Crippen LogP contribution in [-0.4, -0.2) is 43.2 Å². The quantitative estimate of drug-likeness (QED) is 0.901. The molecule has 0 saturated carbocycles. The summed E-state index contributed by atoms with van der Waals surface area (Å²) in [5.74, 6) is 0. The molecule has 1 fully saturated rings. The highest BCUT2D eigenvalue weighted by Crippen LogP contribution is 2.30. The third-order valence-electron chi connectivity index (χ3n) is 4.73. The summed E-state index contributed by atoms with van der Waals surface area (Å²) in [5, 5.41) is 0. The Hall–Kier alpha value is -0.580. The van der Waals surface area contributed by atoms with Gasteiger partial charge in [0.1, 0.15) is 0 Å². The van der Waals surface area contributed by atoms with E-state index in [4.69, 9.17) is 5.73 Å². The smallest absolute Gasteiger partial charge is 0.0511 e. The molecule has 3 atom stereocenters. The number of halogens is 1. The van der Waals surface area contributed by atoms with E-state index in [0.29, 0.717) is 12.1 Å². The van der Waals surface area contributed by atoms with Gasteiger partial charge in [-0.05, 0) is 67.4 Å². The summed E-state index contributed by atoms with van der Waals surface area (Å²) >= 11 is 3.75. The number of hydrogen-bond acceptors (Lipinski definition) is 3. The Bertz CT molecular complexity index is 465. The number of nitrogens with two attached hydrogens (primary N) is 1. The van der Waals surface area contributed by atoms with Crippen LogP contribution in [0.25, 0.3) is 0 Å². The van der Waals surface area contributed by atoms with Crippen molar-refractivity contribution in [3.8, 4) is 0 Å². The van der Waals surface area contributed by atoms with Crippen LogP contribution in [0.3, 0.4) is 0 Å². The first-order valence-electron chi connectivity index (χ1n) is 7.93. The maximum atomic E-state index is 6.06. The molecule has 0 bridgehead atoms. The molecule has 2 N–H and O–H groups in total. The van der Waals surface area contributed by atoms with Crippen LogP contribution in [0, 0.1) is 0 Å². The molecule has 1 heterocycles. The van der Waals surface area contributed by atoms with Gasteiger partial charge in [0.05, 0.1) is 5.69 Å². The van der Waals surface area contributed by atoms with Gasteiger partial charge >= 0.3 is 0 Å². The van der Waals surface area contributed by atoms with Gasteiger partial charge in [-0.2, -0.15) is 0 Å². The van der Waals surface area contributed by atoms with Crippen molar-refractivity contribution >= 4 is 21.6 Å². The molecular formula is C17H28BrN3. The molecule has 0 spiro atoms. The monoisotopic (exact) mass is 353 g/mol. The lowest BCUT2D eigenvalue weighted by atomic mass is 10.0. The molecule has 1 aliphatic rings. The second kappa shape index (κ2) is 7.12. The molecule has 0 aromatic heterocycles. The number of anilines is 1. The van der Waals surface area contributed by atoms with Crippen LogP contribution in [0.5, 0.6) is 0 Å². The van der Waals surface area contributed by atoms with E-state index in [2.05, 4.69) is 71.7 Å². The third kappa shape index (κ3) is 3.99. The van der Waals surface area contributed by atoms with E-state index in [1.807, 2.05) is 0 Å². The molecule has 21 heavy (non-hydrogen) atoms. The first kappa shape index (κ1) is 16.8. The number of likely N-dealkylation sites (N-methyl/N-ethyl adjacent to an activating group) is 1. The summed E-state index contributed by atoms with van der Waals surface area (Å²) in [6, 6.07) is 8.11. The van der Waals surface area contributed by atoms with Gasteiger partial charge in [0.25, 0.3) is 0 Å². The lowest BCUT2D eigenvalue weighted by Gasteiger charge is -2.43. The van der Waals surface area contributed by atoms with Crippen LogP contribution in [0.15, 0.2) is 22.7 Å². The average molecular weight is 354 g/mol. The standard InChI is InChI=1S/C17H28BrN3/c1-5-15(19)8-14-6-7-17(16(18)9-14)21-10-12(2)20(4)13(3)11-21/h6-7,9,12-13,15H,5,8,10-11,19H2,1-4H3. The Labute approximate surface area is 137 Å². The van der Waals surface area contributed by atoms with Gasteiger partial charge in [-0.1, -0.05) is 13.0 Å². The van der Waals surface area contributed by atoms with Crippen molar-refractivity contribution < 1.29 is 0 Å². The summed E-state index contributed by atoms with van der Waals surface area (Å²) in [6.45, 7) is 8.89. The van der Waals surface area contributed by atoms with Crippen molar-refractivity contribution in [3.05, 3.63) is 28.2 Å². The molecule has 118 valence electrons. The minimum absolute atomic E-state index is 0.256. The predicted octanol–water partition coefficient (Wildman–Crippen LogP) is 3.26. The normalized spacial score (nSPS) is 25.1. The fourth-order valence-electron chi connectivity index (χ4n) is 2.98. The summed E-state index contributed by atoms with van der Waals surface area (Å²) in [4.78, 5) is 4.95. The van der Waals surface area contributed by atoms with E-state index in [0.717, 1.165) is 25.9 Å². The van der Waals surface area contributed by atoms with Gasteiger partial charge in [0, 0.05) is 35.7 Å². The zero-order valence-electron chi connectivity index (χ0n) is 13.6. The minimum Gasteiger partial charge on any atom is -0.368 e. The Balaban J connectivity index is 2.14. The lowest BCUT2D eigenvalue weighted by molar-refractivity contribution is 0.170. The zero-order valence-corrected chi connectivity index (χ0v) is 15.2. The number of piperazine rings is 1. The van der Waals surface area contributed by atoms with E-state index in [9.17, 15) is 0 Å². The van der Waals surface area contributed by atoms with Crippen LogP contribution in [0.4, 0.5) is 5.69 Å². The predicted molar refractivity (Wildman–Crippen MR) is 95.0 cm³/mol. The van der Waals surface area contributed by atoms with Gasteiger partial charge in [-0.15, -0.1) is 0 Å². The van der Waals surface area contributed by atoms with Gasteiger partial charge in [-0.3, -0.25) is 4.90 Å². The number of nitrogens with zero attached hydrogens (tertiary/aromatic N) is 2. The van der Waals surface area contributed by atoms with Gasteiger partial charge in [0.2, 0.25) is 0 Å². The van der Waals surface area contributed by atoms with Crippen LogP contribution in [0.1, 0.15) is 32.8 Å². The summed E-state index contributed by atoms with van der Waals surface area (Å²) in [6.07, 6.45) is 1.97. The zero-order chi connectivity index (χ0) is 15.6. The first-order valence-corrected chi connectivity index (χ1v) is 8.72. The lowest BCUT2D eigenvalue weighted by Crippen LogP contribution is -2.55. The number of rotatable bonds is 4. The topological polar surface area (TPSA) is 32.5 Å². The Morgan fingerprint density at radius 2 is 1.90 bits per heavy atom. The molecule has 3 nitrogen and oxygen atoms in total. The third-order valence-corrected chi connectivity index (χ3v) is 5.37. The first-order chi connectivity index (χ1) is 9.92. The molecule has 0 radical (unpaired) electrons. The fraction of sp³-hybridized carbons (Fsp3) is 0.647. The second-order valence-electron chi connectivity index (χ2n) is 6.43. The highest BCUT2D eigenvalue weighted by Gasteiger charge is 2.27. The van der Waals surface area contributed by atoms with Crippen LogP contribution in [0.2, 0.25) is 0 Å². The molecule has 0 amide bonds. The van der Waals surface area contributed by atoms with E-state index >= 15 is 0 Å². The van der Waals surface area contributed by atoms with Crippen molar-refractivity contribution in [1.29, 1.82) is 0 Å². The maximum Gasteiger partial charge on any atom is 0.0511 e. The molecule has 1 saturated heterocycles. The van der Waals surface area contributed by atoms with Crippen LogP contribution >= 0.6 is 15.9 Å². The number of hydrogen-bond donors (Lipinski definition) is 1. The molecular weight excluding hydrogens is 326 g/mol. The van der Waals surface area contributed by atoms with Gasteiger partial charge < -0.3 is 10.6 Å². The van der Waals surface area contributed by atoms with E-state index in [-0.39, 0.29) is 6.04 Å². The molecule has 1 aromatic rings. The summed E-state index contributed by atoms with van der Waals surface area (Å²) in [7, 11) is 2.22. The summed E-state index contributed by atoms with van der Waals surface area (Å²) in [5.41, 5.74) is 8.67. The Kier molecular flexibility index (Phi) is 5.69. The van der Waals surface area contributed by atoms with Crippen molar-refractivity contribution in [1.82, 2.24) is 4.90 Å². The van der Waals surface area contributed by atoms with E-state index < -0.39 is 0 Å². The Morgan fingerprint density at radius 1 is 1.29 bits per heavy atom. The number of benzene rings is 1. The minimum atomic E-state index is 0.256. The van der Waals surface area contributed by atoms with Gasteiger partial charge in [0.15, 0.2) is 0 Å². The van der Waals surface area contributed by atoms with E-state index in [1.165, 1.54) is 15.7 Å². The summed E-state index contributed by atoms with van der Waals surface area (Å²) < 4.78 is 1.19. The molecule has 2 rings (SSSR count). The molecule has 4 heteroatoms. The highest BCUT2D eigenvalue weighted by atomic mass is 79.9. The second-order valence-corrected chi connectivity index (χ2v) is 7.28.